The number of H-pyrrole nitrogens is 1. The molecule has 29 heavy (non-hydrogen) atoms. The number of guanidine groups is 1. The number of aliphatic imine (C=N–C) groups is 1. The predicted molar refractivity (Wildman–Crippen MR) is 111 cm³/mol. The average molecular weight is 417 g/mol. The van der Waals surface area contributed by atoms with E-state index in [1.807, 2.05) is 13.0 Å². The van der Waals surface area contributed by atoms with E-state index in [2.05, 4.69) is 20.1 Å². The number of carbonyl (C=O) groups excluding carboxylic acids is 1. The quantitative estimate of drug-likeness (QED) is 0.359. The van der Waals surface area contributed by atoms with Crippen molar-refractivity contribution in [1.82, 2.24) is 25.0 Å². The summed E-state index contributed by atoms with van der Waals surface area (Å²) in [6, 6.07) is 3.62. The van der Waals surface area contributed by atoms with E-state index in [4.69, 9.17) is 21.3 Å². The zero-order valence-corrected chi connectivity index (χ0v) is 17.4. The third-order valence-electron chi connectivity index (χ3n) is 5.96. The molecule has 2 saturated heterocycles. The molecule has 0 bridgehead atoms. The van der Waals surface area contributed by atoms with Gasteiger partial charge >= 0.3 is 0 Å². The van der Waals surface area contributed by atoms with Gasteiger partial charge in [-0.1, -0.05) is 11.6 Å². The van der Waals surface area contributed by atoms with Crippen molar-refractivity contribution >= 4 is 29.8 Å². The van der Waals surface area contributed by atoms with Gasteiger partial charge < -0.3 is 9.64 Å². The maximum absolute atomic E-state index is 11.5. The van der Waals surface area contributed by atoms with Crippen LogP contribution in [0.2, 0.25) is 5.15 Å². The Morgan fingerprint density at radius 2 is 2.21 bits per heavy atom. The lowest BCUT2D eigenvalue weighted by atomic mass is 9.78. The van der Waals surface area contributed by atoms with Gasteiger partial charge in [0, 0.05) is 44.1 Å². The number of hydrogen-bond acceptors (Lipinski definition) is 5. The van der Waals surface area contributed by atoms with Crippen LogP contribution in [-0.2, 0) is 9.53 Å². The minimum absolute atomic E-state index is 0.291. The van der Waals surface area contributed by atoms with Gasteiger partial charge in [0.1, 0.15) is 5.15 Å². The van der Waals surface area contributed by atoms with E-state index < -0.39 is 0 Å². The molecule has 4 rings (SSSR count). The van der Waals surface area contributed by atoms with Crippen LogP contribution in [0.1, 0.15) is 24.8 Å². The topological polar surface area (TPSA) is 86.7 Å². The molecule has 0 saturated carbocycles. The van der Waals surface area contributed by atoms with Gasteiger partial charge in [-0.2, -0.15) is 10.1 Å². The lowest BCUT2D eigenvalue weighted by Gasteiger charge is -2.40. The number of hydrogen-bond donors (Lipinski definition) is 1. The summed E-state index contributed by atoms with van der Waals surface area (Å²) in [7, 11) is 1.73. The number of nitrogens with one attached hydrogen (secondary N) is 1. The van der Waals surface area contributed by atoms with E-state index in [9.17, 15) is 4.79 Å². The fourth-order valence-electron chi connectivity index (χ4n) is 4.07. The van der Waals surface area contributed by atoms with Crippen LogP contribution >= 0.6 is 11.6 Å². The summed E-state index contributed by atoms with van der Waals surface area (Å²) in [5.74, 6) is 1.25. The molecular weight excluding hydrogens is 392 g/mol. The largest absolute Gasteiger partial charge is 0.381 e. The molecular formula is C20H25ClN6O2. The highest BCUT2D eigenvalue weighted by molar-refractivity contribution is 6.29. The molecule has 2 aliphatic heterocycles. The Kier molecular flexibility index (Phi) is 5.56. The Morgan fingerprint density at radius 3 is 2.86 bits per heavy atom. The molecule has 0 atom stereocenters. The predicted octanol–water partition coefficient (Wildman–Crippen LogP) is 3.01. The van der Waals surface area contributed by atoms with E-state index in [1.165, 1.54) is 4.90 Å². The van der Waals surface area contributed by atoms with E-state index in [0.717, 1.165) is 68.8 Å². The third kappa shape index (κ3) is 4.00. The van der Waals surface area contributed by atoms with Crippen LogP contribution in [0.4, 0.5) is 5.82 Å². The molecule has 0 radical (unpaired) electrons. The van der Waals surface area contributed by atoms with Crippen molar-refractivity contribution in [3.8, 4) is 11.3 Å². The minimum atomic E-state index is 0.291. The smallest absolute Gasteiger partial charge is 0.216 e. The van der Waals surface area contributed by atoms with E-state index in [1.54, 1.807) is 19.3 Å². The van der Waals surface area contributed by atoms with Crippen LogP contribution < -0.4 is 0 Å². The fraction of sp³-hybridized carbons (Fsp3) is 0.500. The van der Waals surface area contributed by atoms with Crippen molar-refractivity contribution < 1.29 is 9.53 Å². The number of aromatic nitrogens is 3. The fourth-order valence-corrected chi connectivity index (χ4v) is 4.25. The Balaban J connectivity index is 1.60. The number of halogens is 1. The third-order valence-corrected chi connectivity index (χ3v) is 6.17. The van der Waals surface area contributed by atoms with Crippen LogP contribution in [0.15, 0.2) is 23.3 Å². The average Bonchev–Trinajstić information content (AvgIpc) is 3.33. The van der Waals surface area contributed by atoms with Crippen LogP contribution in [0.3, 0.4) is 0 Å². The molecule has 2 aromatic rings. The molecule has 154 valence electrons. The summed E-state index contributed by atoms with van der Waals surface area (Å²) >= 11 is 6.01. The van der Waals surface area contributed by atoms with Crippen molar-refractivity contribution in [2.75, 3.05) is 33.4 Å². The second-order valence-electron chi connectivity index (χ2n) is 7.83. The molecule has 2 aromatic heterocycles. The number of carbonyl (C=O) groups is 1. The Bertz CT molecular complexity index is 911. The van der Waals surface area contributed by atoms with Crippen LogP contribution in [0.25, 0.3) is 11.3 Å². The first kappa shape index (κ1) is 19.8. The molecule has 8 nitrogen and oxygen atoms in total. The SMILES string of the molecule is Cc1c(-c2ccnc(Cl)c2)n[nH]c1/N=C(\N(C)C=O)N1CCC2(CCOC2)CC1. The summed E-state index contributed by atoms with van der Waals surface area (Å²) in [4.78, 5) is 24.0. The molecule has 0 unspecified atom stereocenters. The van der Waals surface area contributed by atoms with Gasteiger partial charge in [-0.3, -0.25) is 14.8 Å². The highest BCUT2D eigenvalue weighted by atomic mass is 35.5. The number of rotatable bonds is 3. The Hall–Kier alpha value is -2.45. The first-order valence-electron chi connectivity index (χ1n) is 9.78. The van der Waals surface area contributed by atoms with E-state index >= 15 is 0 Å². The summed E-state index contributed by atoms with van der Waals surface area (Å²) in [6.07, 6.45) is 5.64. The van der Waals surface area contributed by atoms with Gasteiger partial charge in [-0.15, -0.1) is 0 Å². The Labute approximate surface area is 174 Å². The zero-order chi connectivity index (χ0) is 20.4. The second kappa shape index (κ2) is 8.12. The Morgan fingerprint density at radius 1 is 1.41 bits per heavy atom. The van der Waals surface area contributed by atoms with Crippen molar-refractivity contribution in [2.45, 2.75) is 26.2 Å². The summed E-state index contributed by atoms with van der Waals surface area (Å²) in [5.41, 5.74) is 2.81. The monoisotopic (exact) mass is 416 g/mol. The number of nitrogens with zero attached hydrogens (tertiary/aromatic N) is 5. The molecule has 2 fully saturated rings. The first-order chi connectivity index (χ1) is 14.0. The number of amides is 1. The highest BCUT2D eigenvalue weighted by Crippen LogP contribution is 2.39. The van der Waals surface area contributed by atoms with Crippen molar-refractivity contribution in [3.05, 3.63) is 29.0 Å². The number of piperidine rings is 1. The second-order valence-corrected chi connectivity index (χ2v) is 8.22. The van der Waals surface area contributed by atoms with Crippen LogP contribution in [0.5, 0.6) is 0 Å². The number of ether oxygens (including phenoxy) is 1. The van der Waals surface area contributed by atoms with Gasteiger partial charge in [0.15, 0.2) is 5.82 Å². The van der Waals surface area contributed by atoms with Gasteiger partial charge in [-0.25, -0.2) is 4.98 Å². The molecule has 4 heterocycles. The number of pyridine rings is 1. The standard InChI is InChI=1S/C20H25ClN6O2/c1-14-17(15-3-7-22-16(21)11-15)24-25-18(14)23-19(26(2)13-28)27-8-4-20(5-9-27)6-10-29-12-20/h3,7,11,13H,4-6,8-10,12H2,1-2H3,(H,24,25)/b23-19+. The molecule has 1 N–H and O–H groups in total. The maximum Gasteiger partial charge on any atom is 0.216 e. The van der Waals surface area contributed by atoms with Gasteiger partial charge in [0.25, 0.3) is 0 Å². The summed E-state index contributed by atoms with van der Waals surface area (Å²) in [6.45, 7) is 5.34. The lowest BCUT2D eigenvalue weighted by Crippen LogP contribution is -2.48. The highest BCUT2D eigenvalue weighted by Gasteiger charge is 2.39. The van der Waals surface area contributed by atoms with E-state index in [0.29, 0.717) is 22.3 Å². The summed E-state index contributed by atoms with van der Waals surface area (Å²) < 4.78 is 5.62. The van der Waals surface area contributed by atoms with Gasteiger partial charge in [0.05, 0.1) is 12.3 Å². The maximum atomic E-state index is 11.5. The molecule has 1 spiro atoms. The normalized spacial score (nSPS) is 19.0. The van der Waals surface area contributed by atoms with Crippen molar-refractivity contribution in [1.29, 1.82) is 0 Å². The lowest BCUT2D eigenvalue weighted by molar-refractivity contribution is -0.114. The van der Waals surface area contributed by atoms with E-state index in [-0.39, 0.29) is 0 Å². The zero-order valence-electron chi connectivity index (χ0n) is 16.7. The van der Waals surface area contributed by atoms with Gasteiger partial charge in [-0.05, 0) is 43.7 Å². The van der Waals surface area contributed by atoms with Crippen LogP contribution in [-0.4, -0.2) is 70.7 Å². The van der Waals surface area contributed by atoms with Crippen molar-refractivity contribution in [2.24, 2.45) is 10.4 Å². The summed E-state index contributed by atoms with van der Waals surface area (Å²) in [5, 5.41) is 7.82. The van der Waals surface area contributed by atoms with Crippen molar-refractivity contribution in [3.63, 3.8) is 0 Å². The number of likely N-dealkylation sites (tertiary alicyclic amines) is 1. The van der Waals surface area contributed by atoms with Gasteiger partial charge in [0.2, 0.25) is 12.4 Å². The molecule has 1 amide bonds. The minimum Gasteiger partial charge on any atom is -0.381 e. The molecule has 9 heteroatoms. The molecule has 0 aliphatic carbocycles. The number of aromatic amines is 1. The molecule has 2 aliphatic rings. The molecule has 0 aromatic carbocycles. The first-order valence-corrected chi connectivity index (χ1v) is 10.2. The van der Waals surface area contributed by atoms with Crippen LogP contribution in [0, 0.1) is 12.3 Å².